The number of para-hydroxylation sites is 1. The summed E-state index contributed by atoms with van der Waals surface area (Å²) in [6.45, 7) is -0.249. The van der Waals surface area contributed by atoms with Gasteiger partial charge in [0.15, 0.2) is 0 Å². The molecule has 0 atom stereocenters. The summed E-state index contributed by atoms with van der Waals surface area (Å²) in [4.78, 5) is 39.1. The molecule has 6 nitrogen and oxygen atoms in total. The lowest BCUT2D eigenvalue weighted by Crippen LogP contribution is -2.36. The van der Waals surface area contributed by atoms with Gasteiger partial charge in [0.2, 0.25) is 5.91 Å². The molecule has 1 aromatic heterocycles. The lowest BCUT2D eigenvalue weighted by atomic mass is 10.2. The maximum absolute atomic E-state index is 12.8. The molecule has 0 radical (unpaired) electrons. The van der Waals surface area contributed by atoms with Gasteiger partial charge in [0.05, 0.1) is 27.2 Å². The Bertz CT molecular complexity index is 1170. The fraction of sp³-hybridized carbons (Fsp3) is 0.167. The molecule has 3 rings (SSSR count). The van der Waals surface area contributed by atoms with Gasteiger partial charge in [-0.3, -0.25) is 14.2 Å². The Morgan fingerprint density at radius 2 is 1.86 bits per heavy atom. The van der Waals surface area contributed by atoms with Crippen molar-refractivity contribution in [3.05, 3.63) is 73.9 Å². The first-order valence-corrected chi connectivity index (χ1v) is 8.43. The van der Waals surface area contributed by atoms with Crippen LogP contribution in [-0.4, -0.2) is 15.5 Å². The maximum atomic E-state index is 12.8. The van der Waals surface area contributed by atoms with Crippen LogP contribution in [0.1, 0.15) is 12.0 Å². The predicted octanol–water partition coefficient (Wildman–Crippen LogP) is 3.39. The normalized spacial score (nSPS) is 11.6. The average Bonchev–Trinajstić information content (AvgIpc) is 2.62. The van der Waals surface area contributed by atoms with Crippen molar-refractivity contribution in [1.82, 2.24) is 9.55 Å². The number of alkyl halides is 3. The molecule has 0 fully saturated rings. The molecule has 0 aliphatic rings. The standard InChI is InChI=1S/C18H13ClF3N3O3/c19-12-6-5-10(18(20,21)22)9-14(12)23-15(26)7-8-25-16(27)11-3-1-2-4-13(11)24-17(25)28/h1-6,9H,7-8H2,(H,23,26)(H,24,28). The van der Waals surface area contributed by atoms with Gasteiger partial charge < -0.3 is 10.3 Å². The van der Waals surface area contributed by atoms with Crippen LogP contribution in [0.5, 0.6) is 0 Å². The predicted molar refractivity (Wildman–Crippen MR) is 98.5 cm³/mol. The van der Waals surface area contributed by atoms with Crippen LogP contribution < -0.4 is 16.6 Å². The zero-order chi connectivity index (χ0) is 20.5. The number of rotatable bonds is 4. The Morgan fingerprint density at radius 1 is 1.14 bits per heavy atom. The summed E-state index contributed by atoms with van der Waals surface area (Å²) in [7, 11) is 0. The Labute approximate surface area is 160 Å². The number of nitrogens with zero attached hydrogens (tertiary/aromatic N) is 1. The zero-order valence-corrected chi connectivity index (χ0v) is 14.9. The molecule has 0 aliphatic heterocycles. The van der Waals surface area contributed by atoms with Crippen LogP contribution in [0.4, 0.5) is 18.9 Å². The van der Waals surface area contributed by atoms with Gasteiger partial charge >= 0.3 is 11.9 Å². The van der Waals surface area contributed by atoms with Crippen molar-refractivity contribution < 1.29 is 18.0 Å². The van der Waals surface area contributed by atoms with E-state index in [1.165, 1.54) is 6.07 Å². The summed E-state index contributed by atoms with van der Waals surface area (Å²) in [5.41, 5.74) is -2.05. The Kier molecular flexibility index (Phi) is 5.28. The topological polar surface area (TPSA) is 84.0 Å². The first kappa shape index (κ1) is 19.7. The molecule has 0 saturated heterocycles. The number of benzene rings is 2. The van der Waals surface area contributed by atoms with Crippen molar-refractivity contribution in [2.45, 2.75) is 19.1 Å². The van der Waals surface area contributed by atoms with Crippen molar-refractivity contribution in [2.24, 2.45) is 0 Å². The van der Waals surface area contributed by atoms with Gasteiger partial charge in [-0.1, -0.05) is 23.7 Å². The van der Waals surface area contributed by atoms with Crippen molar-refractivity contribution in [3.8, 4) is 0 Å². The van der Waals surface area contributed by atoms with Crippen LogP contribution in [0.25, 0.3) is 10.9 Å². The third-order valence-electron chi connectivity index (χ3n) is 4.02. The van der Waals surface area contributed by atoms with Gasteiger partial charge in [0.1, 0.15) is 0 Å². The second kappa shape index (κ2) is 7.51. The highest BCUT2D eigenvalue weighted by Gasteiger charge is 2.31. The second-order valence-electron chi connectivity index (χ2n) is 5.92. The van der Waals surface area contributed by atoms with E-state index >= 15 is 0 Å². The second-order valence-corrected chi connectivity index (χ2v) is 6.33. The molecule has 0 aliphatic carbocycles. The van der Waals surface area contributed by atoms with Crippen LogP contribution in [0.3, 0.4) is 0 Å². The summed E-state index contributed by atoms with van der Waals surface area (Å²) in [6.07, 6.45) is -4.90. The van der Waals surface area contributed by atoms with Gasteiger partial charge in [0.25, 0.3) is 5.56 Å². The van der Waals surface area contributed by atoms with E-state index in [0.29, 0.717) is 5.52 Å². The molecule has 28 heavy (non-hydrogen) atoms. The molecule has 2 aromatic carbocycles. The Hall–Kier alpha value is -3.07. The van der Waals surface area contributed by atoms with Crippen molar-refractivity contribution in [2.75, 3.05) is 5.32 Å². The Balaban J connectivity index is 1.78. The molecule has 0 unspecified atom stereocenters. The summed E-state index contributed by atoms with van der Waals surface area (Å²) in [5.74, 6) is -0.694. The zero-order valence-electron chi connectivity index (χ0n) is 14.1. The van der Waals surface area contributed by atoms with E-state index in [0.717, 1.165) is 22.8 Å². The number of carbonyl (C=O) groups excluding carboxylic acids is 1. The first-order chi connectivity index (χ1) is 13.2. The van der Waals surface area contributed by atoms with Crippen LogP contribution in [0.2, 0.25) is 5.02 Å². The highest BCUT2D eigenvalue weighted by molar-refractivity contribution is 6.33. The highest BCUT2D eigenvalue weighted by atomic mass is 35.5. The van der Waals surface area contributed by atoms with Gasteiger partial charge in [-0.15, -0.1) is 0 Å². The smallest absolute Gasteiger partial charge is 0.325 e. The van der Waals surface area contributed by atoms with Gasteiger partial charge in [-0.05, 0) is 30.3 Å². The number of hydrogen-bond donors (Lipinski definition) is 2. The minimum atomic E-state index is -4.59. The van der Waals surface area contributed by atoms with Crippen LogP contribution in [0, 0.1) is 0 Å². The number of anilines is 1. The number of aromatic amines is 1. The molecule has 1 heterocycles. The van der Waals surface area contributed by atoms with E-state index in [2.05, 4.69) is 10.3 Å². The lowest BCUT2D eigenvalue weighted by Gasteiger charge is -2.12. The van der Waals surface area contributed by atoms with Crippen LogP contribution in [-0.2, 0) is 17.5 Å². The third-order valence-corrected chi connectivity index (χ3v) is 4.35. The fourth-order valence-corrected chi connectivity index (χ4v) is 2.79. The van der Waals surface area contributed by atoms with E-state index in [-0.39, 0.29) is 29.1 Å². The molecule has 0 spiro atoms. The largest absolute Gasteiger partial charge is 0.416 e. The molecular formula is C18H13ClF3N3O3. The monoisotopic (exact) mass is 411 g/mol. The van der Waals surface area contributed by atoms with Gasteiger partial charge in [-0.25, -0.2) is 4.79 Å². The molecule has 3 aromatic rings. The first-order valence-electron chi connectivity index (χ1n) is 8.05. The van der Waals surface area contributed by atoms with E-state index in [1.54, 1.807) is 18.2 Å². The van der Waals surface area contributed by atoms with Gasteiger partial charge in [-0.2, -0.15) is 13.2 Å². The minimum Gasteiger partial charge on any atom is -0.325 e. The van der Waals surface area contributed by atoms with Gasteiger partial charge in [0, 0.05) is 13.0 Å². The van der Waals surface area contributed by atoms with E-state index in [4.69, 9.17) is 11.6 Å². The maximum Gasteiger partial charge on any atom is 0.416 e. The number of hydrogen-bond acceptors (Lipinski definition) is 3. The van der Waals surface area contributed by atoms with Crippen LogP contribution in [0.15, 0.2) is 52.1 Å². The SMILES string of the molecule is O=C(CCn1c(=O)[nH]c2ccccc2c1=O)Nc1cc(C(F)(F)F)ccc1Cl. The minimum absolute atomic E-state index is 0.0675. The number of halogens is 4. The molecule has 0 saturated carbocycles. The molecule has 146 valence electrons. The van der Waals surface area contributed by atoms with Crippen LogP contribution >= 0.6 is 11.6 Å². The van der Waals surface area contributed by atoms with E-state index < -0.39 is 28.9 Å². The number of amides is 1. The average molecular weight is 412 g/mol. The van der Waals surface area contributed by atoms with Crippen molar-refractivity contribution in [1.29, 1.82) is 0 Å². The molecule has 2 N–H and O–H groups in total. The van der Waals surface area contributed by atoms with E-state index in [9.17, 15) is 27.6 Å². The number of fused-ring (bicyclic) bond motifs is 1. The van der Waals surface area contributed by atoms with E-state index in [1.807, 2.05) is 0 Å². The lowest BCUT2D eigenvalue weighted by molar-refractivity contribution is -0.137. The number of nitrogens with one attached hydrogen (secondary N) is 2. The Morgan fingerprint density at radius 3 is 2.57 bits per heavy atom. The molecule has 10 heteroatoms. The summed E-state index contributed by atoms with van der Waals surface area (Å²) < 4.78 is 39.2. The number of H-pyrrole nitrogens is 1. The fourth-order valence-electron chi connectivity index (χ4n) is 2.63. The number of aromatic nitrogens is 2. The van der Waals surface area contributed by atoms with Crippen molar-refractivity contribution in [3.63, 3.8) is 0 Å². The number of carbonyl (C=O) groups is 1. The molecule has 1 amide bonds. The van der Waals surface area contributed by atoms with Crippen molar-refractivity contribution >= 4 is 34.1 Å². The highest BCUT2D eigenvalue weighted by Crippen LogP contribution is 2.33. The summed E-state index contributed by atoms with van der Waals surface area (Å²) >= 11 is 5.83. The molecule has 0 bridgehead atoms. The summed E-state index contributed by atoms with van der Waals surface area (Å²) in [6, 6.07) is 8.94. The quantitative estimate of drug-likeness (QED) is 0.690. The third kappa shape index (κ3) is 4.09. The molecular weight excluding hydrogens is 399 g/mol. The summed E-state index contributed by atoms with van der Waals surface area (Å²) in [5, 5.41) is 2.48.